The summed E-state index contributed by atoms with van der Waals surface area (Å²) in [6, 6.07) is 18.4. The second-order valence-corrected chi connectivity index (χ2v) is 6.14. The second-order valence-electron chi connectivity index (χ2n) is 6.14. The molecule has 1 atom stereocenters. The molecule has 4 heteroatoms. The first-order valence-corrected chi connectivity index (χ1v) is 8.25. The third kappa shape index (κ3) is 3.66. The highest BCUT2D eigenvalue weighted by atomic mass is 16.4. The maximum absolute atomic E-state index is 11.5. The number of hydrogen-bond donors (Lipinski definition) is 3. The molecule has 1 aromatic heterocycles. The zero-order valence-electron chi connectivity index (χ0n) is 13.8. The first-order chi connectivity index (χ1) is 11.6. The predicted octanol–water partition coefficient (Wildman–Crippen LogP) is 3.98. The Labute approximate surface area is 141 Å². The Morgan fingerprint density at radius 2 is 1.83 bits per heavy atom. The molecule has 0 spiro atoms. The van der Waals surface area contributed by atoms with Gasteiger partial charge in [-0.15, -0.1) is 0 Å². The van der Waals surface area contributed by atoms with Crippen LogP contribution in [-0.2, 0) is 13.0 Å². The summed E-state index contributed by atoms with van der Waals surface area (Å²) in [7, 11) is 0. The van der Waals surface area contributed by atoms with Crippen LogP contribution in [0.4, 0.5) is 0 Å². The van der Waals surface area contributed by atoms with Crippen molar-refractivity contribution in [3.8, 4) is 0 Å². The molecule has 0 aliphatic rings. The average Bonchev–Trinajstić information content (AvgIpc) is 2.98. The molecule has 0 fully saturated rings. The van der Waals surface area contributed by atoms with Crippen LogP contribution in [0.25, 0.3) is 10.9 Å². The summed E-state index contributed by atoms with van der Waals surface area (Å²) in [6.45, 7) is 2.68. The van der Waals surface area contributed by atoms with Crippen LogP contribution in [0.15, 0.2) is 54.6 Å². The van der Waals surface area contributed by atoms with E-state index in [0.717, 1.165) is 29.3 Å². The molecule has 4 nitrogen and oxygen atoms in total. The van der Waals surface area contributed by atoms with E-state index in [1.165, 1.54) is 5.56 Å². The number of rotatable bonds is 7. The second kappa shape index (κ2) is 7.32. The molecule has 2 aromatic carbocycles. The van der Waals surface area contributed by atoms with Crippen LogP contribution in [-0.4, -0.2) is 22.1 Å². The summed E-state index contributed by atoms with van der Waals surface area (Å²) in [6.07, 6.45) is 2.02. The van der Waals surface area contributed by atoms with E-state index in [-0.39, 0.29) is 5.69 Å². The van der Waals surface area contributed by atoms with Gasteiger partial charge in [0.1, 0.15) is 5.69 Å². The van der Waals surface area contributed by atoms with Crippen LogP contribution < -0.4 is 5.32 Å². The summed E-state index contributed by atoms with van der Waals surface area (Å²) >= 11 is 0. The molecule has 3 aromatic rings. The lowest BCUT2D eigenvalue weighted by atomic mass is 10.1. The fourth-order valence-electron chi connectivity index (χ4n) is 2.97. The smallest absolute Gasteiger partial charge is 0.352 e. The van der Waals surface area contributed by atoms with Crippen molar-refractivity contribution in [3.05, 3.63) is 71.4 Å². The van der Waals surface area contributed by atoms with E-state index in [1.807, 2.05) is 30.3 Å². The van der Waals surface area contributed by atoms with Crippen molar-refractivity contribution in [2.45, 2.75) is 32.4 Å². The van der Waals surface area contributed by atoms with Crippen molar-refractivity contribution in [2.24, 2.45) is 0 Å². The normalized spacial score (nSPS) is 12.4. The van der Waals surface area contributed by atoms with Gasteiger partial charge >= 0.3 is 5.97 Å². The number of aromatic carboxylic acids is 1. The summed E-state index contributed by atoms with van der Waals surface area (Å²) in [4.78, 5) is 14.5. The molecule has 1 unspecified atom stereocenters. The van der Waals surface area contributed by atoms with Gasteiger partial charge in [0, 0.05) is 29.1 Å². The Balaban J connectivity index is 1.66. The summed E-state index contributed by atoms with van der Waals surface area (Å²) < 4.78 is 0. The van der Waals surface area contributed by atoms with Gasteiger partial charge < -0.3 is 15.4 Å². The fraction of sp³-hybridized carbons (Fsp3) is 0.250. The minimum atomic E-state index is -0.917. The van der Waals surface area contributed by atoms with Gasteiger partial charge in [0.25, 0.3) is 0 Å². The third-order valence-electron chi connectivity index (χ3n) is 4.36. The lowest BCUT2D eigenvalue weighted by Gasteiger charge is -2.14. The summed E-state index contributed by atoms with van der Waals surface area (Å²) in [5.74, 6) is -0.917. The van der Waals surface area contributed by atoms with E-state index in [9.17, 15) is 9.90 Å². The minimum Gasteiger partial charge on any atom is -0.477 e. The molecule has 0 saturated carbocycles. The van der Waals surface area contributed by atoms with Gasteiger partial charge in [-0.2, -0.15) is 0 Å². The van der Waals surface area contributed by atoms with E-state index < -0.39 is 5.97 Å². The fourth-order valence-corrected chi connectivity index (χ4v) is 2.97. The first kappa shape index (κ1) is 16.3. The monoisotopic (exact) mass is 322 g/mol. The molecule has 1 heterocycles. The van der Waals surface area contributed by atoms with Gasteiger partial charge in [-0.3, -0.25) is 0 Å². The van der Waals surface area contributed by atoms with Gasteiger partial charge in [-0.05, 0) is 31.4 Å². The van der Waals surface area contributed by atoms with Gasteiger partial charge in [0.2, 0.25) is 0 Å². The zero-order chi connectivity index (χ0) is 16.9. The summed E-state index contributed by atoms with van der Waals surface area (Å²) in [5.41, 5.74) is 3.29. The minimum absolute atomic E-state index is 0.277. The van der Waals surface area contributed by atoms with E-state index in [0.29, 0.717) is 12.6 Å². The zero-order valence-corrected chi connectivity index (χ0v) is 13.8. The largest absolute Gasteiger partial charge is 0.477 e. The number of aromatic amines is 1. The molecule has 3 rings (SSSR count). The number of aromatic nitrogens is 1. The number of carbonyl (C=O) groups is 1. The van der Waals surface area contributed by atoms with Gasteiger partial charge in [0.15, 0.2) is 0 Å². The van der Waals surface area contributed by atoms with Crippen molar-refractivity contribution < 1.29 is 9.90 Å². The number of carboxylic acids is 1. The number of carboxylic acid groups (broad SMARTS) is 1. The maximum atomic E-state index is 11.5. The van der Waals surface area contributed by atoms with E-state index in [2.05, 4.69) is 41.5 Å². The molecular weight excluding hydrogens is 300 g/mol. The number of nitrogens with one attached hydrogen (secondary N) is 2. The molecule has 124 valence electrons. The molecule has 0 amide bonds. The molecular formula is C20H22N2O2. The number of fused-ring (bicyclic) bond motifs is 1. The lowest BCUT2D eigenvalue weighted by molar-refractivity contribution is 0.0690. The van der Waals surface area contributed by atoms with E-state index >= 15 is 0 Å². The average molecular weight is 322 g/mol. The number of H-pyrrole nitrogens is 1. The van der Waals surface area contributed by atoms with Crippen LogP contribution in [0.1, 0.15) is 35.0 Å². The summed E-state index contributed by atoms with van der Waals surface area (Å²) in [5, 5.41) is 13.9. The quantitative estimate of drug-likeness (QED) is 0.616. The van der Waals surface area contributed by atoms with Crippen LogP contribution >= 0.6 is 0 Å². The van der Waals surface area contributed by atoms with Gasteiger partial charge in [-0.1, -0.05) is 48.5 Å². The molecule has 3 N–H and O–H groups in total. The van der Waals surface area contributed by atoms with Crippen LogP contribution in [0.2, 0.25) is 0 Å². The SMILES string of the molecule is CC(CCc1ccccc1)NCc1c(C(=O)O)[nH]c2ccccc12. The molecule has 0 aliphatic carbocycles. The predicted molar refractivity (Wildman–Crippen MR) is 96.3 cm³/mol. The maximum Gasteiger partial charge on any atom is 0.352 e. The number of benzene rings is 2. The van der Waals surface area contributed by atoms with Gasteiger partial charge in [-0.25, -0.2) is 4.79 Å². The number of para-hydroxylation sites is 1. The molecule has 24 heavy (non-hydrogen) atoms. The molecule has 0 saturated heterocycles. The Morgan fingerprint density at radius 1 is 1.12 bits per heavy atom. The van der Waals surface area contributed by atoms with Crippen molar-refractivity contribution in [1.29, 1.82) is 0 Å². The standard InChI is InChI=1S/C20H22N2O2/c1-14(11-12-15-7-3-2-4-8-15)21-13-17-16-9-5-6-10-18(16)22-19(17)20(23)24/h2-10,14,21-22H,11-13H2,1H3,(H,23,24). The lowest BCUT2D eigenvalue weighted by Crippen LogP contribution is -2.26. The Hall–Kier alpha value is -2.59. The van der Waals surface area contributed by atoms with Crippen LogP contribution in [0, 0.1) is 0 Å². The highest BCUT2D eigenvalue weighted by Crippen LogP contribution is 2.22. The Bertz CT molecular complexity index is 824. The van der Waals surface area contributed by atoms with Crippen LogP contribution in [0.5, 0.6) is 0 Å². The molecule has 0 radical (unpaired) electrons. The van der Waals surface area contributed by atoms with Crippen molar-refractivity contribution in [3.63, 3.8) is 0 Å². The van der Waals surface area contributed by atoms with Crippen LogP contribution in [0.3, 0.4) is 0 Å². The Morgan fingerprint density at radius 3 is 2.58 bits per heavy atom. The van der Waals surface area contributed by atoms with Crippen molar-refractivity contribution in [2.75, 3.05) is 0 Å². The van der Waals surface area contributed by atoms with Crippen molar-refractivity contribution in [1.82, 2.24) is 10.3 Å². The van der Waals surface area contributed by atoms with Crippen molar-refractivity contribution >= 4 is 16.9 Å². The number of aryl methyl sites for hydroxylation is 1. The molecule has 0 bridgehead atoms. The molecule has 0 aliphatic heterocycles. The van der Waals surface area contributed by atoms with E-state index in [1.54, 1.807) is 0 Å². The highest BCUT2D eigenvalue weighted by molar-refractivity contribution is 5.97. The first-order valence-electron chi connectivity index (χ1n) is 8.25. The van der Waals surface area contributed by atoms with E-state index in [4.69, 9.17) is 0 Å². The van der Waals surface area contributed by atoms with Gasteiger partial charge in [0.05, 0.1) is 0 Å². The highest BCUT2D eigenvalue weighted by Gasteiger charge is 2.17. The third-order valence-corrected chi connectivity index (χ3v) is 4.36. The topological polar surface area (TPSA) is 65.1 Å². The number of hydrogen-bond acceptors (Lipinski definition) is 2. The Kier molecular flexibility index (Phi) is 4.96.